The Labute approximate surface area is 90.9 Å². The number of benzene rings is 1. The van der Waals surface area contributed by atoms with E-state index in [0.717, 1.165) is 13.0 Å². The fraction of sp³-hybridized carbons (Fsp3) is 0.462. The van der Waals surface area contributed by atoms with Gasteiger partial charge in [-0.05, 0) is 12.0 Å². The molecule has 1 aromatic carbocycles. The molecule has 1 atom stereocenters. The van der Waals surface area contributed by atoms with E-state index in [9.17, 15) is 4.79 Å². The third-order valence-electron chi connectivity index (χ3n) is 2.98. The Morgan fingerprint density at radius 1 is 1.33 bits per heavy atom. The van der Waals surface area contributed by atoms with Gasteiger partial charge in [-0.2, -0.15) is 0 Å². The summed E-state index contributed by atoms with van der Waals surface area (Å²) in [5.41, 5.74) is 1.26. The average molecular weight is 203 g/mol. The van der Waals surface area contributed by atoms with Crippen LogP contribution >= 0.6 is 0 Å². The lowest BCUT2D eigenvalue weighted by molar-refractivity contribution is -0.142. The van der Waals surface area contributed by atoms with Crippen LogP contribution < -0.4 is 0 Å². The highest BCUT2D eigenvalue weighted by atomic mass is 16.2. The topological polar surface area (TPSA) is 20.3 Å². The van der Waals surface area contributed by atoms with Crippen LogP contribution in [0.4, 0.5) is 0 Å². The van der Waals surface area contributed by atoms with Crippen molar-refractivity contribution in [2.45, 2.75) is 26.3 Å². The van der Waals surface area contributed by atoms with Crippen LogP contribution in [0.3, 0.4) is 0 Å². The first-order chi connectivity index (χ1) is 7.20. The lowest BCUT2D eigenvalue weighted by atomic mass is 9.93. The van der Waals surface area contributed by atoms with E-state index >= 15 is 0 Å². The number of likely N-dealkylation sites (tertiary alicyclic amines) is 1. The van der Waals surface area contributed by atoms with Crippen molar-refractivity contribution in [3.8, 4) is 0 Å². The predicted octanol–water partition coefficient (Wildman–Crippen LogP) is 2.62. The largest absolute Gasteiger partial charge is 0.335 e. The Bertz CT molecular complexity index is 345. The smallest absolute Gasteiger partial charge is 0.225 e. The van der Waals surface area contributed by atoms with Gasteiger partial charge in [-0.1, -0.05) is 44.2 Å². The molecule has 0 aromatic heterocycles. The lowest BCUT2D eigenvalue weighted by Crippen LogP contribution is -2.46. The van der Waals surface area contributed by atoms with Crippen molar-refractivity contribution >= 4 is 5.91 Å². The molecule has 1 saturated heterocycles. The monoisotopic (exact) mass is 203 g/mol. The van der Waals surface area contributed by atoms with E-state index in [4.69, 9.17) is 0 Å². The first-order valence-corrected chi connectivity index (χ1v) is 5.55. The van der Waals surface area contributed by atoms with E-state index in [1.165, 1.54) is 5.56 Å². The molecule has 0 N–H and O–H groups in total. The van der Waals surface area contributed by atoms with Gasteiger partial charge in [0.15, 0.2) is 0 Å². The first kappa shape index (κ1) is 10.2. The summed E-state index contributed by atoms with van der Waals surface area (Å²) in [5.74, 6) is 0.381. The van der Waals surface area contributed by atoms with Crippen LogP contribution in [-0.4, -0.2) is 17.4 Å². The average Bonchev–Trinajstić information content (AvgIpc) is 2.17. The van der Waals surface area contributed by atoms with E-state index in [-0.39, 0.29) is 11.8 Å². The quantitative estimate of drug-likeness (QED) is 0.723. The standard InChI is InChI=1S/C13H17NO/c1-10(2)13(15)14-9-8-12(14)11-6-4-3-5-7-11/h3-7,10,12H,8-9H2,1-2H3. The number of hydrogen-bond donors (Lipinski definition) is 0. The van der Waals surface area contributed by atoms with Crippen LogP contribution in [-0.2, 0) is 4.79 Å². The molecule has 0 spiro atoms. The predicted molar refractivity (Wildman–Crippen MR) is 60.4 cm³/mol. The third-order valence-corrected chi connectivity index (χ3v) is 2.98. The normalized spacial score (nSPS) is 20.2. The molecule has 2 nitrogen and oxygen atoms in total. The minimum atomic E-state index is 0.108. The van der Waals surface area contributed by atoms with Gasteiger partial charge < -0.3 is 4.90 Å². The Morgan fingerprint density at radius 2 is 2.00 bits per heavy atom. The molecule has 0 radical (unpaired) electrons. The van der Waals surface area contributed by atoms with Crippen molar-refractivity contribution in [3.05, 3.63) is 35.9 Å². The van der Waals surface area contributed by atoms with Gasteiger partial charge in [0.1, 0.15) is 0 Å². The van der Waals surface area contributed by atoms with E-state index in [1.54, 1.807) is 0 Å². The maximum Gasteiger partial charge on any atom is 0.225 e. The van der Waals surface area contributed by atoms with Gasteiger partial charge in [-0.3, -0.25) is 4.79 Å². The highest BCUT2D eigenvalue weighted by Gasteiger charge is 2.33. The first-order valence-electron chi connectivity index (χ1n) is 5.55. The van der Waals surface area contributed by atoms with E-state index in [1.807, 2.05) is 36.9 Å². The molecular formula is C13H17NO. The van der Waals surface area contributed by atoms with Crippen LogP contribution in [0.2, 0.25) is 0 Å². The second-order valence-electron chi connectivity index (χ2n) is 4.40. The Kier molecular flexibility index (Phi) is 2.76. The van der Waals surface area contributed by atoms with Crippen molar-refractivity contribution < 1.29 is 4.79 Å². The molecule has 15 heavy (non-hydrogen) atoms. The van der Waals surface area contributed by atoms with Gasteiger partial charge in [0.05, 0.1) is 6.04 Å². The molecule has 1 aromatic rings. The van der Waals surface area contributed by atoms with Crippen molar-refractivity contribution in [1.82, 2.24) is 4.90 Å². The molecule has 0 saturated carbocycles. The molecule has 1 fully saturated rings. The Hall–Kier alpha value is -1.31. The second kappa shape index (κ2) is 4.05. The van der Waals surface area contributed by atoms with Crippen molar-refractivity contribution in [2.75, 3.05) is 6.54 Å². The summed E-state index contributed by atoms with van der Waals surface area (Å²) < 4.78 is 0. The lowest BCUT2D eigenvalue weighted by Gasteiger charge is -2.42. The zero-order chi connectivity index (χ0) is 10.8. The maximum atomic E-state index is 11.8. The molecule has 2 rings (SSSR count). The number of nitrogens with zero attached hydrogens (tertiary/aromatic N) is 1. The SMILES string of the molecule is CC(C)C(=O)N1CCC1c1ccccc1. The van der Waals surface area contributed by atoms with E-state index in [0.29, 0.717) is 6.04 Å². The van der Waals surface area contributed by atoms with Gasteiger partial charge >= 0.3 is 0 Å². The number of carbonyl (C=O) groups is 1. The molecular weight excluding hydrogens is 186 g/mol. The van der Waals surface area contributed by atoms with Crippen LogP contribution in [0.25, 0.3) is 0 Å². The fourth-order valence-electron chi connectivity index (χ4n) is 2.00. The van der Waals surface area contributed by atoms with Crippen molar-refractivity contribution in [2.24, 2.45) is 5.92 Å². The summed E-state index contributed by atoms with van der Waals surface area (Å²) in [7, 11) is 0. The Balaban J connectivity index is 2.10. The zero-order valence-corrected chi connectivity index (χ0v) is 9.31. The Morgan fingerprint density at radius 3 is 2.47 bits per heavy atom. The summed E-state index contributed by atoms with van der Waals surface area (Å²) in [6.45, 7) is 4.84. The van der Waals surface area contributed by atoms with Crippen LogP contribution in [0.1, 0.15) is 31.9 Å². The summed E-state index contributed by atoms with van der Waals surface area (Å²) in [6.07, 6.45) is 1.10. The summed E-state index contributed by atoms with van der Waals surface area (Å²) in [5, 5.41) is 0. The number of amides is 1. The molecule has 2 heteroatoms. The molecule has 1 amide bonds. The summed E-state index contributed by atoms with van der Waals surface area (Å²) >= 11 is 0. The summed E-state index contributed by atoms with van der Waals surface area (Å²) in [4.78, 5) is 13.8. The fourth-order valence-corrected chi connectivity index (χ4v) is 2.00. The molecule has 1 aliphatic heterocycles. The third kappa shape index (κ3) is 1.89. The molecule has 80 valence electrons. The number of carbonyl (C=O) groups excluding carboxylic acids is 1. The van der Waals surface area contributed by atoms with Gasteiger partial charge in [0, 0.05) is 12.5 Å². The van der Waals surface area contributed by atoms with Crippen LogP contribution in [0, 0.1) is 5.92 Å². The molecule has 1 unspecified atom stereocenters. The minimum absolute atomic E-state index is 0.108. The zero-order valence-electron chi connectivity index (χ0n) is 9.31. The molecule has 0 aliphatic carbocycles. The van der Waals surface area contributed by atoms with Crippen LogP contribution in [0.5, 0.6) is 0 Å². The maximum absolute atomic E-state index is 11.8. The molecule has 0 bridgehead atoms. The van der Waals surface area contributed by atoms with E-state index in [2.05, 4.69) is 12.1 Å². The van der Waals surface area contributed by atoms with Gasteiger partial charge in [-0.15, -0.1) is 0 Å². The van der Waals surface area contributed by atoms with Gasteiger partial charge in [0.25, 0.3) is 0 Å². The van der Waals surface area contributed by atoms with Crippen molar-refractivity contribution in [1.29, 1.82) is 0 Å². The highest BCUT2D eigenvalue weighted by molar-refractivity contribution is 5.79. The molecule has 1 heterocycles. The minimum Gasteiger partial charge on any atom is -0.335 e. The van der Waals surface area contributed by atoms with E-state index < -0.39 is 0 Å². The second-order valence-corrected chi connectivity index (χ2v) is 4.40. The van der Waals surface area contributed by atoms with Gasteiger partial charge in [-0.25, -0.2) is 0 Å². The van der Waals surface area contributed by atoms with Crippen LogP contribution in [0.15, 0.2) is 30.3 Å². The summed E-state index contributed by atoms with van der Waals surface area (Å²) in [6, 6.07) is 10.6. The van der Waals surface area contributed by atoms with Crippen molar-refractivity contribution in [3.63, 3.8) is 0 Å². The highest BCUT2D eigenvalue weighted by Crippen LogP contribution is 2.33. The number of hydrogen-bond acceptors (Lipinski definition) is 1. The van der Waals surface area contributed by atoms with Gasteiger partial charge in [0.2, 0.25) is 5.91 Å². The molecule has 1 aliphatic rings. The number of rotatable bonds is 2.